The van der Waals surface area contributed by atoms with Gasteiger partial charge in [-0.2, -0.15) is 0 Å². The average molecular weight is 691 g/mol. The highest BCUT2D eigenvalue weighted by molar-refractivity contribution is 6.24. The highest BCUT2D eigenvalue weighted by atomic mass is 16.3. The van der Waals surface area contributed by atoms with E-state index >= 15 is 0 Å². The fourth-order valence-electron chi connectivity index (χ4n) is 8.71. The molecule has 252 valence electrons. The zero-order chi connectivity index (χ0) is 35.3. The minimum Gasteiger partial charge on any atom is -0.455 e. The molecule has 0 atom stereocenters. The molecule has 8 aromatic carbocycles. The number of rotatable bonds is 4. The van der Waals surface area contributed by atoms with Gasteiger partial charge < -0.3 is 13.6 Å². The minimum atomic E-state index is 0.879. The molecule has 0 bridgehead atoms. The Morgan fingerprint density at radius 1 is 0.370 bits per heavy atom. The fraction of sp³-hybridized carbons (Fsp3) is 0. The van der Waals surface area contributed by atoms with Crippen LogP contribution in [0.15, 0.2) is 186 Å². The highest BCUT2D eigenvalue weighted by Crippen LogP contribution is 2.42. The first-order valence-corrected chi connectivity index (χ1v) is 18.3. The Morgan fingerprint density at radius 3 is 1.69 bits per heavy atom. The monoisotopic (exact) mass is 690 g/mol. The molecular formula is C49H30N4O. The smallest absolute Gasteiger partial charge is 0.145 e. The van der Waals surface area contributed by atoms with Crippen molar-refractivity contribution < 1.29 is 4.42 Å². The quantitative estimate of drug-likeness (QED) is 0.184. The molecule has 0 aliphatic heterocycles. The van der Waals surface area contributed by atoms with Gasteiger partial charge in [-0.25, -0.2) is 4.98 Å². The van der Waals surface area contributed by atoms with Crippen LogP contribution in [0.4, 0.5) is 0 Å². The molecule has 4 heterocycles. The first-order valence-electron chi connectivity index (χ1n) is 18.3. The van der Waals surface area contributed by atoms with Crippen LogP contribution < -0.4 is 0 Å². The first-order chi connectivity index (χ1) is 26.8. The van der Waals surface area contributed by atoms with E-state index in [2.05, 4.69) is 184 Å². The maximum absolute atomic E-state index is 6.80. The molecule has 0 spiro atoms. The largest absolute Gasteiger partial charge is 0.455 e. The maximum Gasteiger partial charge on any atom is 0.145 e. The first kappa shape index (κ1) is 29.2. The predicted molar refractivity (Wildman–Crippen MR) is 222 cm³/mol. The van der Waals surface area contributed by atoms with Crippen molar-refractivity contribution in [3.63, 3.8) is 0 Å². The average Bonchev–Trinajstić information content (AvgIpc) is 3.99. The van der Waals surface area contributed by atoms with Crippen LogP contribution in [0.5, 0.6) is 0 Å². The summed E-state index contributed by atoms with van der Waals surface area (Å²) in [6.07, 6.45) is 0. The lowest BCUT2D eigenvalue weighted by atomic mass is 10.1. The normalized spacial score (nSPS) is 12.1. The van der Waals surface area contributed by atoms with Crippen molar-refractivity contribution in [2.75, 3.05) is 0 Å². The Kier molecular flexibility index (Phi) is 5.99. The van der Waals surface area contributed by atoms with E-state index in [-0.39, 0.29) is 0 Å². The van der Waals surface area contributed by atoms with Gasteiger partial charge in [-0.3, -0.25) is 4.57 Å². The van der Waals surface area contributed by atoms with Gasteiger partial charge in [-0.15, -0.1) is 0 Å². The van der Waals surface area contributed by atoms with Crippen LogP contribution in [0.25, 0.3) is 105 Å². The van der Waals surface area contributed by atoms with E-state index in [0.29, 0.717) is 0 Å². The molecule has 0 saturated carbocycles. The van der Waals surface area contributed by atoms with Gasteiger partial charge in [-0.1, -0.05) is 84.9 Å². The van der Waals surface area contributed by atoms with Gasteiger partial charge in [0.25, 0.3) is 0 Å². The topological polar surface area (TPSA) is 40.8 Å². The number of fused-ring (bicyclic) bond motifs is 11. The van der Waals surface area contributed by atoms with Crippen LogP contribution in [-0.4, -0.2) is 18.7 Å². The number of hydrogen-bond donors (Lipinski definition) is 0. The molecule has 5 nitrogen and oxygen atoms in total. The van der Waals surface area contributed by atoms with E-state index < -0.39 is 0 Å². The standard InChI is InChI=1S/C49H30N4O/c1-2-12-32(13-3-1)53-44-21-11-7-17-40(44)50-49(53)31-22-24-33(25-23-31)51-43-20-10-6-16-38(43)47-45(51)28-27-37-39-30-34(26-29-46(39)54-48(37)47)52-41-18-8-4-14-35(41)36-15-5-9-19-42(36)52/h1-30H. The summed E-state index contributed by atoms with van der Waals surface area (Å²) >= 11 is 0. The van der Waals surface area contributed by atoms with Gasteiger partial charge in [0.05, 0.1) is 38.5 Å². The summed E-state index contributed by atoms with van der Waals surface area (Å²) in [7, 11) is 0. The lowest BCUT2D eigenvalue weighted by Crippen LogP contribution is -1.98. The van der Waals surface area contributed by atoms with Crippen molar-refractivity contribution in [3.8, 4) is 28.5 Å². The van der Waals surface area contributed by atoms with Crippen molar-refractivity contribution in [3.05, 3.63) is 182 Å². The Hall–Kier alpha value is -7.37. The van der Waals surface area contributed by atoms with E-state index in [4.69, 9.17) is 9.40 Å². The molecule has 0 radical (unpaired) electrons. The third kappa shape index (κ3) is 4.06. The van der Waals surface area contributed by atoms with Crippen LogP contribution in [-0.2, 0) is 0 Å². The molecule has 0 fully saturated rings. The van der Waals surface area contributed by atoms with Gasteiger partial charge >= 0.3 is 0 Å². The fourth-order valence-corrected chi connectivity index (χ4v) is 8.71. The molecule has 4 aromatic heterocycles. The lowest BCUT2D eigenvalue weighted by molar-refractivity contribution is 0.673. The number of nitrogens with zero attached hydrogens (tertiary/aromatic N) is 4. The number of para-hydroxylation sites is 6. The molecule has 0 aliphatic rings. The third-order valence-corrected chi connectivity index (χ3v) is 11.1. The summed E-state index contributed by atoms with van der Waals surface area (Å²) < 4.78 is 13.8. The molecule has 0 amide bonds. The summed E-state index contributed by atoms with van der Waals surface area (Å²) in [4.78, 5) is 5.10. The lowest BCUT2D eigenvalue weighted by Gasteiger charge is -2.11. The van der Waals surface area contributed by atoms with Crippen molar-refractivity contribution in [1.82, 2.24) is 18.7 Å². The zero-order valence-electron chi connectivity index (χ0n) is 29.0. The summed E-state index contributed by atoms with van der Waals surface area (Å²) in [5.41, 5.74) is 12.8. The van der Waals surface area contributed by atoms with Crippen LogP contribution in [0.3, 0.4) is 0 Å². The van der Waals surface area contributed by atoms with Crippen LogP contribution >= 0.6 is 0 Å². The summed E-state index contributed by atoms with van der Waals surface area (Å²) in [6, 6.07) is 64.6. The number of furan rings is 1. The number of benzene rings is 8. The number of imidazole rings is 1. The number of hydrogen-bond acceptors (Lipinski definition) is 2. The second-order valence-corrected chi connectivity index (χ2v) is 14.0. The van der Waals surface area contributed by atoms with Crippen LogP contribution in [0.1, 0.15) is 0 Å². The molecule has 0 N–H and O–H groups in total. The van der Waals surface area contributed by atoms with Crippen molar-refractivity contribution in [2.45, 2.75) is 0 Å². The van der Waals surface area contributed by atoms with Gasteiger partial charge in [0.2, 0.25) is 0 Å². The second-order valence-electron chi connectivity index (χ2n) is 14.0. The summed E-state index contributed by atoms with van der Waals surface area (Å²) in [5, 5.41) is 7.00. The van der Waals surface area contributed by atoms with E-state index in [0.717, 1.165) is 83.2 Å². The van der Waals surface area contributed by atoms with Crippen LogP contribution in [0, 0.1) is 0 Å². The van der Waals surface area contributed by atoms with E-state index in [1.54, 1.807) is 0 Å². The van der Waals surface area contributed by atoms with Crippen molar-refractivity contribution in [1.29, 1.82) is 0 Å². The maximum atomic E-state index is 6.80. The molecule has 12 aromatic rings. The summed E-state index contributed by atoms with van der Waals surface area (Å²) in [5.74, 6) is 0.917. The zero-order valence-corrected chi connectivity index (χ0v) is 29.0. The van der Waals surface area contributed by atoms with E-state index in [1.165, 1.54) is 21.8 Å². The number of aromatic nitrogens is 4. The molecule has 5 heteroatoms. The third-order valence-electron chi connectivity index (χ3n) is 11.1. The second kappa shape index (κ2) is 11.1. The summed E-state index contributed by atoms with van der Waals surface area (Å²) in [6.45, 7) is 0. The Bertz CT molecular complexity index is 3380. The molecular weight excluding hydrogens is 661 g/mol. The van der Waals surface area contributed by atoms with Gasteiger partial charge in [0.1, 0.15) is 17.0 Å². The van der Waals surface area contributed by atoms with Crippen molar-refractivity contribution >= 4 is 76.6 Å². The molecule has 54 heavy (non-hydrogen) atoms. The predicted octanol–water partition coefficient (Wildman–Crippen LogP) is 12.8. The Morgan fingerprint density at radius 2 is 0.944 bits per heavy atom. The van der Waals surface area contributed by atoms with Crippen LogP contribution in [0.2, 0.25) is 0 Å². The van der Waals surface area contributed by atoms with Gasteiger partial charge in [0, 0.05) is 49.6 Å². The SMILES string of the molecule is c1ccc(-n2c(-c3ccc(-n4c5ccccc5c5c6oc7ccc(-n8c9ccccc9c9ccccc98)cc7c6ccc54)cc3)nc3ccccc32)cc1. The molecule has 0 unspecified atom stereocenters. The Labute approximate surface area is 309 Å². The van der Waals surface area contributed by atoms with Gasteiger partial charge in [0.15, 0.2) is 0 Å². The Balaban J connectivity index is 1.03. The molecule has 0 aliphatic carbocycles. The van der Waals surface area contributed by atoms with E-state index in [9.17, 15) is 0 Å². The minimum absolute atomic E-state index is 0.879. The van der Waals surface area contributed by atoms with Crippen molar-refractivity contribution in [2.24, 2.45) is 0 Å². The molecule has 12 rings (SSSR count). The highest BCUT2D eigenvalue weighted by Gasteiger charge is 2.21. The molecule has 0 saturated heterocycles. The van der Waals surface area contributed by atoms with E-state index in [1.807, 2.05) is 12.1 Å². The van der Waals surface area contributed by atoms with Gasteiger partial charge in [-0.05, 0) is 97.1 Å².